The fraction of sp³-hybridized carbons (Fsp3) is 1.00. The van der Waals surface area contributed by atoms with Gasteiger partial charge in [-0.15, -0.1) is 0 Å². The Bertz CT molecular complexity index is 310. The first-order valence-corrected chi connectivity index (χ1v) is 4.75. The fourth-order valence-electron chi connectivity index (χ4n) is 0.932. The van der Waals surface area contributed by atoms with Crippen LogP contribution in [0, 0.1) is 0 Å². The lowest BCUT2D eigenvalue weighted by atomic mass is 10.2. The van der Waals surface area contributed by atoms with Crippen LogP contribution in [0.5, 0.6) is 0 Å². The molecule has 122 valence electrons. The largest absolute Gasteiger partial charge is 0.419 e. The van der Waals surface area contributed by atoms with Crippen molar-refractivity contribution in [1.82, 2.24) is 0 Å². The van der Waals surface area contributed by atoms with Crippen LogP contribution in [0.4, 0.5) is 43.9 Å². The Balaban J connectivity index is 5.32. The number of halogens is 10. The van der Waals surface area contributed by atoms with Gasteiger partial charge < -0.3 is 0 Å². The van der Waals surface area contributed by atoms with Crippen LogP contribution in [-0.2, 0) is 9.47 Å². The minimum absolute atomic E-state index is 2.06. The van der Waals surface area contributed by atoms with Gasteiger partial charge in [-0.05, 0) is 0 Å². The van der Waals surface area contributed by atoms with Gasteiger partial charge >= 0.3 is 24.2 Å². The maximum absolute atomic E-state index is 13.5. The summed E-state index contributed by atoms with van der Waals surface area (Å²) in [7, 11) is 0. The summed E-state index contributed by atoms with van der Waals surface area (Å²) in [6.45, 7) is -7.69. The molecule has 0 N–H and O–H groups in total. The Morgan fingerprint density at radius 1 is 0.650 bits per heavy atom. The predicted molar refractivity (Wildman–Crippen MR) is 43.4 cm³/mol. The Kier molecular flexibility index (Phi) is 6.08. The van der Waals surface area contributed by atoms with Crippen molar-refractivity contribution < 1.29 is 53.4 Å². The van der Waals surface area contributed by atoms with Gasteiger partial charge in [0, 0.05) is 6.42 Å². The summed E-state index contributed by atoms with van der Waals surface area (Å²) >= 11 is 0. The summed E-state index contributed by atoms with van der Waals surface area (Å²) in [6, 6.07) is 0. The van der Waals surface area contributed by atoms with E-state index in [1.807, 2.05) is 0 Å². The second-order valence-corrected chi connectivity index (χ2v) is 3.43. The summed E-state index contributed by atoms with van der Waals surface area (Å²) in [4.78, 5) is 0. The normalized spacial score (nSPS) is 17.1. The Morgan fingerprint density at radius 2 is 1.05 bits per heavy atom. The van der Waals surface area contributed by atoms with Gasteiger partial charge in [0.25, 0.3) is 0 Å². The first kappa shape index (κ1) is 19.2. The van der Waals surface area contributed by atoms with Crippen LogP contribution in [-0.4, -0.2) is 44.2 Å². The highest BCUT2D eigenvalue weighted by molar-refractivity contribution is 4.81. The topological polar surface area (TPSA) is 18.5 Å². The molecular formula is C8H8F10O2. The van der Waals surface area contributed by atoms with E-state index in [-0.39, 0.29) is 0 Å². The molecule has 0 amide bonds. The van der Waals surface area contributed by atoms with Gasteiger partial charge in [0.2, 0.25) is 0 Å². The van der Waals surface area contributed by atoms with Gasteiger partial charge in [-0.3, -0.25) is 9.13 Å². The van der Waals surface area contributed by atoms with Gasteiger partial charge in [-0.25, -0.2) is 17.9 Å². The number of ether oxygens (including phenoxy) is 2. The maximum atomic E-state index is 13.5. The summed E-state index contributed by atoms with van der Waals surface area (Å²) in [5.74, 6) is -5.13. The van der Waals surface area contributed by atoms with Crippen molar-refractivity contribution in [3.05, 3.63) is 0 Å². The summed E-state index contributed by atoms with van der Waals surface area (Å²) in [6.07, 6.45) is -18.4. The Hall–Kier alpha value is -0.780. The summed E-state index contributed by atoms with van der Waals surface area (Å²) < 4.78 is 129. The molecule has 0 fully saturated rings. The molecule has 0 radical (unpaired) electrons. The highest BCUT2D eigenvalue weighted by Crippen LogP contribution is 2.44. The van der Waals surface area contributed by atoms with E-state index < -0.39 is 50.6 Å². The third-order valence-electron chi connectivity index (χ3n) is 1.75. The molecule has 1 unspecified atom stereocenters. The van der Waals surface area contributed by atoms with Crippen LogP contribution in [0.2, 0.25) is 0 Å². The van der Waals surface area contributed by atoms with E-state index in [2.05, 4.69) is 9.47 Å². The molecule has 0 saturated heterocycles. The second-order valence-electron chi connectivity index (χ2n) is 3.43. The first-order chi connectivity index (χ1) is 8.85. The van der Waals surface area contributed by atoms with Crippen LogP contribution in [0.25, 0.3) is 0 Å². The lowest BCUT2D eigenvalue weighted by molar-refractivity contribution is -0.482. The number of alkyl halides is 10. The number of hydrogen-bond donors (Lipinski definition) is 0. The van der Waals surface area contributed by atoms with E-state index in [0.717, 1.165) is 0 Å². The molecule has 0 aromatic heterocycles. The third kappa shape index (κ3) is 4.96. The van der Waals surface area contributed by atoms with Crippen molar-refractivity contribution in [3.8, 4) is 0 Å². The van der Waals surface area contributed by atoms with Crippen LogP contribution in [0.3, 0.4) is 0 Å². The predicted octanol–water partition coefficient (Wildman–Crippen LogP) is 3.76. The zero-order valence-corrected chi connectivity index (χ0v) is 9.42. The molecule has 12 heteroatoms. The molecule has 2 nitrogen and oxygen atoms in total. The van der Waals surface area contributed by atoms with E-state index in [4.69, 9.17) is 0 Å². The van der Waals surface area contributed by atoms with Crippen molar-refractivity contribution in [2.24, 2.45) is 0 Å². The lowest BCUT2D eigenvalue weighted by Crippen LogP contribution is -2.55. The van der Waals surface area contributed by atoms with Crippen molar-refractivity contribution in [2.75, 3.05) is 20.0 Å². The average molecular weight is 326 g/mol. The highest BCUT2D eigenvalue weighted by Gasteiger charge is 2.65. The maximum Gasteiger partial charge on any atom is 0.419 e. The molecule has 20 heavy (non-hydrogen) atoms. The van der Waals surface area contributed by atoms with Crippen molar-refractivity contribution in [2.45, 2.75) is 30.6 Å². The summed E-state index contributed by atoms with van der Waals surface area (Å²) in [5.41, 5.74) is 0. The van der Waals surface area contributed by atoms with E-state index in [1.54, 1.807) is 0 Å². The molecule has 1 atom stereocenters. The van der Waals surface area contributed by atoms with E-state index in [0.29, 0.717) is 0 Å². The molecule has 0 spiro atoms. The zero-order chi connectivity index (χ0) is 16.2. The monoisotopic (exact) mass is 326 g/mol. The van der Waals surface area contributed by atoms with Crippen molar-refractivity contribution in [3.63, 3.8) is 0 Å². The quantitative estimate of drug-likeness (QED) is 0.601. The molecule has 0 saturated carbocycles. The van der Waals surface area contributed by atoms with Crippen LogP contribution >= 0.6 is 0 Å². The molecule has 0 rings (SSSR count). The van der Waals surface area contributed by atoms with Gasteiger partial charge in [0.05, 0.1) is 6.67 Å². The lowest BCUT2D eigenvalue weighted by Gasteiger charge is -2.35. The van der Waals surface area contributed by atoms with Crippen molar-refractivity contribution in [1.29, 1.82) is 0 Å². The zero-order valence-electron chi connectivity index (χ0n) is 9.42. The molecule has 0 heterocycles. The van der Waals surface area contributed by atoms with E-state index in [9.17, 15) is 43.9 Å². The van der Waals surface area contributed by atoms with Crippen LogP contribution in [0.1, 0.15) is 6.42 Å². The van der Waals surface area contributed by atoms with Crippen molar-refractivity contribution >= 4 is 0 Å². The molecule has 0 aromatic carbocycles. The van der Waals surface area contributed by atoms with E-state index in [1.165, 1.54) is 0 Å². The SMILES string of the molecule is FCCC(F)(OC(F)(F)CF)C(F)(F)OC(F)(F)CF. The van der Waals surface area contributed by atoms with Crippen LogP contribution < -0.4 is 0 Å². The fourth-order valence-corrected chi connectivity index (χ4v) is 0.932. The molecule has 0 bridgehead atoms. The van der Waals surface area contributed by atoms with Gasteiger partial charge in [0.1, 0.15) is 0 Å². The Labute approximate surface area is 105 Å². The van der Waals surface area contributed by atoms with E-state index >= 15 is 0 Å². The first-order valence-electron chi connectivity index (χ1n) is 4.75. The molecule has 0 aromatic rings. The summed E-state index contributed by atoms with van der Waals surface area (Å²) in [5, 5.41) is 0. The van der Waals surface area contributed by atoms with Gasteiger partial charge in [0.15, 0.2) is 13.3 Å². The molecular weight excluding hydrogens is 318 g/mol. The molecule has 0 aliphatic rings. The second kappa shape index (κ2) is 6.33. The molecule has 0 aliphatic heterocycles. The van der Waals surface area contributed by atoms with Gasteiger partial charge in [-0.2, -0.15) is 26.3 Å². The van der Waals surface area contributed by atoms with Crippen LogP contribution in [0.15, 0.2) is 0 Å². The Morgan fingerprint density at radius 3 is 1.40 bits per heavy atom. The minimum Gasteiger partial charge on any atom is -0.273 e. The minimum atomic E-state index is -5.87. The smallest absolute Gasteiger partial charge is 0.273 e. The molecule has 0 aliphatic carbocycles. The third-order valence-corrected chi connectivity index (χ3v) is 1.75. The average Bonchev–Trinajstić information content (AvgIpc) is 2.27. The number of hydrogen-bond acceptors (Lipinski definition) is 2. The highest BCUT2D eigenvalue weighted by atomic mass is 19.3. The standard InChI is InChI=1S/C8H8F10O2/c9-2-1-5(12,19-6(13,14)3-10)8(17,18)20-7(15,16)4-11/h1-4H2. The van der Waals surface area contributed by atoms with Gasteiger partial charge in [-0.1, -0.05) is 0 Å². The number of rotatable bonds is 9.